The lowest BCUT2D eigenvalue weighted by molar-refractivity contribution is 0.149. The van der Waals surface area contributed by atoms with E-state index in [4.69, 9.17) is 0 Å². The molecule has 0 aromatic carbocycles. The monoisotopic (exact) mass is 210 g/mol. The van der Waals surface area contributed by atoms with Crippen LogP contribution in [0, 0.1) is 11.3 Å². The van der Waals surface area contributed by atoms with Crippen LogP contribution in [0.25, 0.3) is 0 Å². The third-order valence-corrected chi connectivity index (χ3v) is 4.65. The minimum atomic E-state index is 0.636. The highest BCUT2D eigenvalue weighted by Crippen LogP contribution is 2.49. The van der Waals surface area contributed by atoms with E-state index in [2.05, 4.69) is 31.1 Å². The summed E-state index contributed by atoms with van der Waals surface area (Å²) < 4.78 is 0. The number of hydrogen-bond acceptors (Lipinski definition) is 2. The van der Waals surface area contributed by atoms with E-state index in [1.165, 1.54) is 45.3 Å². The van der Waals surface area contributed by atoms with Crippen LogP contribution >= 0.6 is 0 Å². The molecule has 2 rings (SSSR count). The molecule has 1 aliphatic heterocycles. The molecule has 2 nitrogen and oxygen atoms in total. The third-order valence-electron chi connectivity index (χ3n) is 4.65. The van der Waals surface area contributed by atoms with Crippen LogP contribution in [0.15, 0.2) is 0 Å². The van der Waals surface area contributed by atoms with Crippen LogP contribution in [0.1, 0.15) is 39.5 Å². The fourth-order valence-electron chi connectivity index (χ4n) is 2.79. The summed E-state index contributed by atoms with van der Waals surface area (Å²) in [5.41, 5.74) is 0.636. The largest absolute Gasteiger partial charge is 0.316 e. The van der Waals surface area contributed by atoms with Gasteiger partial charge in [-0.25, -0.2) is 0 Å². The molecule has 15 heavy (non-hydrogen) atoms. The molecule has 1 heterocycles. The van der Waals surface area contributed by atoms with E-state index >= 15 is 0 Å². The minimum absolute atomic E-state index is 0.636. The van der Waals surface area contributed by atoms with Crippen molar-refractivity contribution >= 4 is 0 Å². The van der Waals surface area contributed by atoms with Crippen molar-refractivity contribution < 1.29 is 0 Å². The SMILES string of the molecule is CC(N(C)CC1CCCNC1)C1(C)CC1. The van der Waals surface area contributed by atoms with Gasteiger partial charge in [-0.3, -0.25) is 0 Å². The summed E-state index contributed by atoms with van der Waals surface area (Å²) in [6, 6.07) is 0.763. The summed E-state index contributed by atoms with van der Waals surface area (Å²) >= 11 is 0. The fraction of sp³-hybridized carbons (Fsp3) is 1.00. The van der Waals surface area contributed by atoms with Gasteiger partial charge in [0, 0.05) is 12.6 Å². The molecule has 0 aromatic rings. The van der Waals surface area contributed by atoms with Crippen LogP contribution in [0.2, 0.25) is 0 Å². The Bertz CT molecular complexity index is 205. The first kappa shape index (κ1) is 11.4. The summed E-state index contributed by atoms with van der Waals surface area (Å²) in [6.07, 6.45) is 5.65. The van der Waals surface area contributed by atoms with Crippen molar-refractivity contribution in [3.63, 3.8) is 0 Å². The number of piperidine rings is 1. The average Bonchev–Trinajstić information content (AvgIpc) is 2.98. The maximum atomic E-state index is 3.51. The van der Waals surface area contributed by atoms with E-state index < -0.39 is 0 Å². The average molecular weight is 210 g/mol. The zero-order valence-electron chi connectivity index (χ0n) is 10.6. The molecule has 88 valence electrons. The molecule has 1 saturated heterocycles. The molecule has 2 unspecified atom stereocenters. The lowest BCUT2D eigenvalue weighted by Crippen LogP contribution is -2.42. The van der Waals surface area contributed by atoms with Crippen LogP contribution in [0.4, 0.5) is 0 Å². The van der Waals surface area contributed by atoms with Gasteiger partial charge < -0.3 is 10.2 Å². The number of rotatable bonds is 4. The molecule has 2 heteroatoms. The molecule has 0 bridgehead atoms. The van der Waals surface area contributed by atoms with E-state index in [1.54, 1.807) is 0 Å². The van der Waals surface area contributed by atoms with E-state index in [1.807, 2.05) is 0 Å². The first-order chi connectivity index (χ1) is 7.12. The lowest BCUT2D eigenvalue weighted by Gasteiger charge is -2.34. The van der Waals surface area contributed by atoms with Crippen LogP contribution in [0.3, 0.4) is 0 Å². The molecule has 0 amide bonds. The maximum absolute atomic E-state index is 3.51. The second-order valence-corrected chi connectivity index (χ2v) is 5.98. The molecule has 2 atom stereocenters. The molecule has 2 fully saturated rings. The standard InChI is InChI=1S/C13H26N2/c1-11(13(2)6-7-13)15(3)10-12-5-4-8-14-9-12/h11-12,14H,4-10H2,1-3H3. The van der Waals surface area contributed by atoms with Crippen molar-refractivity contribution in [2.45, 2.75) is 45.6 Å². The first-order valence-electron chi connectivity index (χ1n) is 6.53. The van der Waals surface area contributed by atoms with Gasteiger partial charge in [0.1, 0.15) is 0 Å². The van der Waals surface area contributed by atoms with Crippen molar-refractivity contribution in [1.82, 2.24) is 10.2 Å². The van der Waals surface area contributed by atoms with Crippen LogP contribution in [-0.4, -0.2) is 37.6 Å². The van der Waals surface area contributed by atoms with Crippen LogP contribution < -0.4 is 5.32 Å². The molecule has 0 radical (unpaired) electrons. The van der Waals surface area contributed by atoms with E-state index in [0.717, 1.165) is 12.0 Å². The predicted molar refractivity (Wildman–Crippen MR) is 65.0 cm³/mol. The zero-order chi connectivity index (χ0) is 10.9. The second-order valence-electron chi connectivity index (χ2n) is 5.98. The van der Waals surface area contributed by atoms with Gasteiger partial charge in [-0.1, -0.05) is 6.92 Å². The van der Waals surface area contributed by atoms with Gasteiger partial charge in [0.25, 0.3) is 0 Å². The molecule has 1 N–H and O–H groups in total. The maximum Gasteiger partial charge on any atom is 0.0118 e. The highest BCUT2D eigenvalue weighted by Gasteiger charge is 2.44. The molecule has 0 aromatic heterocycles. The van der Waals surface area contributed by atoms with Gasteiger partial charge in [0.05, 0.1) is 0 Å². The van der Waals surface area contributed by atoms with Gasteiger partial charge in [0.15, 0.2) is 0 Å². The van der Waals surface area contributed by atoms with Crippen molar-refractivity contribution in [3.8, 4) is 0 Å². The summed E-state index contributed by atoms with van der Waals surface area (Å²) in [6.45, 7) is 8.58. The van der Waals surface area contributed by atoms with Crippen LogP contribution in [0.5, 0.6) is 0 Å². The second kappa shape index (κ2) is 4.42. The zero-order valence-corrected chi connectivity index (χ0v) is 10.6. The van der Waals surface area contributed by atoms with E-state index in [0.29, 0.717) is 5.41 Å². The van der Waals surface area contributed by atoms with Gasteiger partial charge in [0.2, 0.25) is 0 Å². The predicted octanol–water partition coefficient (Wildman–Crippen LogP) is 2.11. The Hall–Kier alpha value is -0.0800. The molecule has 0 spiro atoms. The summed E-state index contributed by atoms with van der Waals surface area (Å²) in [5, 5.41) is 3.51. The Morgan fingerprint density at radius 1 is 1.47 bits per heavy atom. The Morgan fingerprint density at radius 3 is 2.73 bits per heavy atom. The minimum Gasteiger partial charge on any atom is -0.316 e. The summed E-state index contributed by atoms with van der Waals surface area (Å²) in [7, 11) is 2.31. The number of hydrogen-bond donors (Lipinski definition) is 1. The molecule has 1 saturated carbocycles. The molecular formula is C13H26N2. The Morgan fingerprint density at radius 2 is 2.20 bits per heavy atom. The number of nitrogens with zero attached hydrogens (tertiary/aromatic N) is 1. The Kier molecular flexibility index (Phi) is 3.36. The first-order valence-corrected chi connectivity index (χ1v) is 6.53. The highest BCUT2D eigenvalue weighted by atomic mass is 15.1. The quantitative estimate of drug-likeness (QED) is 0.764. The lowest BCUT2D eigenvalue weighted by atomic mass is 9.95. The Balaban J connectivity index is 1.77. The van der Waals surface area contributed by atoms with Crippen molar-refractivity contribution in [1.29, 1.82) is 0 Å². The van der Waals surface area contributed by atoms with E-state index in [9.17, 15) is 0 Å². The van der Waals surface area contributed by atoms with Crippen LogP contribution in [-0.2, 0) is 0 Å². The normalized spacial score (nSPS) is 31.6. The Labute approximate surface area is 94.4 Å². The van der Waals surface area contributed by atoms with Gasteiger partial charge >= 0.3 is 0 Å². The molecule has 2 aliphatic rings. The smallest absolute Gasteiger partial charge is 0.0118 e. The van der Waals surface area contributed by atoms with Crippen molar-refractivity contribution in [2.75, 3.05) is 26.7 Å². The topological polar surface area (TPSA) is 15.3 Å². The highest BCUT2D eigenvalue weighted by molar-refractivity contribution is 4.97. The van der Waals surface area contributed by atoms with E-state index in [-0.39, 0.29) is 0 Å². The summed E-state index contributed by atoms with van der Waals surface area (Å²) in [4.78, 5) is 2.59. The van der Waals surface area contributed by atoms with Gasteiger partial charge in [-0.05, 0) is 64.1 Å². The molecular weight excluding hydrogens is 184 g/mol. The van der Waals surface area contributed by atoms with Crippen molar-refractivity contribution in [2.24, 2.45) is 11.3 Å². The number of nitrogens with one attached hydrogen (secondary N) is 1. The fourth-order valence-corrected chi connectivity index (χ4v) is 2.79. The summed E-state index contributed by atoms with van der Waals surface area (Å²) in [5.74, 6) is 0.883. The van der Waals surface area contributed by atoms with Gasteiger partial charge in [-0.15, -0.1) is 0 Å². The van der Waals surface area contributed by atoms with Crippen molar-refractivity contribution in [3.05, 3.63) is 0 Å². The third kappa shape index (κ3) is 2.73. The van der Waals surface area contributed by atoms with Gasteiger partial charge in [-0.2, -0.15) is 0 Å². The molecule has 1 aliphatic carbocycles.